The van der Waals surface area contributed by atoms with Crippen LogP contribution in [0.2, 0.25) is 0 Å². The molecule has 0 saturated carbocycles. The van der Waals surface area contributed by atoms with E-state index in [2.05, 4.69) is 5.43 Å². The lowest BCUT2D eigenvalue weighted by Gasteiger charge is -2.42. The summed E-state index contributed by atoms with van der Waals surface area (Å²) >= 11 is 0. The first-order chi connectivity index (χ1) is 10.2. The molecule has 2 rings (SSSR count). The normalized spacial score (nSPS) is 19.0. The predicted octanol–water partition coefficient (Wildman–Crippen LogP) is 1.40. The Bertz CT molecular complexity index is 439. The molecular formula is C15H24N2O4. The van der Waals surface area contributed by atoms with Crippen molar-refractivity contribution in [1.82, 2.24) is 5.43 Å². The quantitative estimate of drug-likeness (QED) is 0.610. The molecule has 6 heteroatoms. The van der Waals surface area contributed by atoms with Gasteiger partial charge in [0.2, 0.25) is 0 Å². The van der Waals surface area contributed by atoms with Crippen molar-refractivity contribution < 1.29 is 18.9 Å². The number of hydrogen-bond acceptors (Lipinski definition) is 6. The van der Waals surface area contributed by atoms with E-state index in [0.717, 1.165) is 29.9 Å². The minimum atomic E-state index is -0.449. The highest BCUT2D eigenvalue weighted by atomic mass is 16.5. The van der Waals surface area contributed by atoms with Gasteiger partial charge in [0.05, 0.1) is 31.4 Å². The second kappa shape index (κ2) is 7.09. The topological polar surface area (TPSA) is 75.0 Å². The molecule has 1 fully saturated rings. The third kappa shape index (κ3) is 2.98. The molecule has 0 amide bonds. The van der Waals surface area contributed by atoms with Crippen molar-refractivity contribution in [3.05, 3.63) is 23.8 Å². The third-order valence-corrected chi connectivity index (χ3v) is 4.19. The summed E-state index contributed by atoms with van der Waals surface area (Å²) in [5, 5.41) is 0. The molecule has 118 valence electrons. The Balaban J connectivity index is 2.49. The summed E-state index contributed by atoms with van der Waals surface area (Å²) in [4.78, 5) is 0. The molecule has 1 aliphatic rings. The van der Waals surface area contributed by atoms with Gasteiger partial charge in [-0.15, -0.1) is 0 Å². The number of hydrogen-bond donors (Lipinski definition) is 2. The SMILES string of the molecule is COc1cccc(OC)c1C(NN)C1(OC)CCOCC1. The highest BCUT2D eigenvalue weighted by Crippen LogP contribution is 2.44. The minimum absolute atomic E-state index is 0.252. The largest absolute Gasteiger partial charge is 0.496 e. The van der Waals surface area contributed by atoms with Crippen LogP contribution in [0.3, 0.4) is 0 Å². The number of nitrogens with one attached hydrogen (secondary N) is 1. The van der Waals surface area contributed by atoms with Crippen LogP contribution in [0.15, 0.2) is 18.2 Å². The standard InChI is InChI=1S/C15H24N2O4/c1-18-11-5-4-6-12(19-2)13(11)14(17-16)15(20-3)7-9-21-10-8-15/h4-6,14,17H,7-10,16H2,1-3H3. The van der Waals surface area contributed by atoms with Crippen molar-refractivity contribution in [1.29, 1.82) is 0 Å². The van der Waals surface area contributed by atoms with Gasteiger partial charge in [0.1, 0.15) is 11.5 Å². The Labute approximate surface area is 125 Å². The Morgan fingerprint density at radius 1 is 1.14 bits per heavy atom. The van der Waals surface area contributed by atoms with Crippen LogP contribution in [-0.2, 0) is 9.47 Å². The molecule has 1 aliphatic heterocycles. The van der Waals surface area contributed by atoms with Gasteiger partial charge in [0, 0.05) is 33.2 Å². The molecule has 6 nitrogen and oxygen atoms in total. The van der Waals surface area contributed by atoms with Gasteiger partial charge in [0.15, 0.2) is 0 Å². The zero-order valence-electron chi connectivity index (χ0n) is 12.8. The van der Waals surface area contributed by atoms with Crippen LogP contribution < -0.4 is 20.7 Å². The minimum Gasteiger partial charge on any atom is -0.496 e. The van der Waals surface area contributed by atoms with Crippen LogP contribution in [0.1, 0.15) is 24.4 Å². The summed E-state index contributed by atoms with van der Waals surface area (Å²) in [5.74, 6) is 7.31. The molecule has 0 spiro atoms. The first-order valence-corrected chi connectivity index (χ1v) is 7.02. The first-order valence-electron chi connectivity index (χ1n) is 7.02. The first kappa shape index (κ1) is 16.0. The highest BCUT2D eigenvalue weighted by Gasteiger charge is 2.43. The van der Waals surface area contributed by atoms with Crippen LogP contribution in [-0.4, -0.2) is 40.1 Å². The van der Waals surface area contributed by atoms with E-state index in [-0.39, 0.29) is 6.04 Å². The summed E-state index contributed by atoms with van der Waals surface area (Å²) in [6.45, 7) is 1.28. The van der Waals surface area contributed by atoms with Gasteiger partial charge in [-0.3, -0.25) is 5.84 Å². The van der Waals surface area contributed by atoms with Crippen LogP contribution in [0, 0.1) is 0 Å². The van der Waals surface area contributed by atoms with E-state index in [1.54, 1.807) is 21.3 Å². The average molecular weight is 296 g/mol. The second-order valence-electron chi connectivity index (χ2n) is 5.06. The number of benzene rings is 1. The van der Waals surface area contributed by atoms with E-state index in [1.165, 1.54) is 0 Å². The lowest BCUT2D eigenvalue weighted by molar-refractivity contribution is -0.112. The van der Waals surface area contributed by atoms with E-state index in [4.69, 9.17) is 24.8 Å². The Kier molecular flexibility index (Phi) is 5.41. The third-order valence-electron chi connectivity index (χ3n) is 4.19. The zero-order chi connectivity index (χ0) is 15.3. The van der Waals surface area contributed by atoms with Gasteiger partial charge in [-0.1, -0.05) is 6.07 Å². The molecule has 0 bridgehead atoms. The molecule has 1 aromatic carbocycles. The fraction of sp³-hybridized carbons (Fsp3) is 0.600. The molecule has 1 aromatic rings. The summed E-state index contributed by atoms with van der Waals surface area (Å²) in [5.41, 5.74) is 3.31. The monoisotopic (exact) mass is 296 g/mol. The van der Waals surface area contributed by atoms with E-state index in [1.807, 2.05) is 18.2 Å². The van der Waals surface area contributed by atoms with Crippen molar-refractivity contribution in [2.24, 2.45) is 5.84 Å². The lowest BCUT2D eigenvalue weighted by Crippen LogP contribution is -2.51. The summed E-state index contributed by atoms with van der Waals surface area (Å²) in [6.07, 6.45) is 1.50. The fourth-order valence-corrected chi connectivity index (χ4v) is 2.99. The zero-order valence-corrected chi connectivity index (χ0v) is 12.8. The van der Waals surface area contributed by atoms with Crippen molar-refractivity contribution in [2.45, 2.75) is 24.5 Å². The molecule has 3 N–H and O–H groups in total. The maximum absolute atomic E-state index is 5.86. The van der Waals surface area contributed by atoms with E-state index in [9.17, 15) is 0 Å². The molecule has 1 unspecified atom stereocenters. The smallest absolute Gasteiger partial charge is 0.127 e. The number of ether oxygens (including phenoxy) is 4. The Morgan fingerprint density at radius 2 is 1.71 bits per heavy atom. The Morgan fingerprint density at radius 3 is 2.14 bits per heavy atom. The fourth-order valence-electron chi connectivity index (χ4n) is 2.99. The lowest BCUT2D eigenvalue weighted by atomic mass is 9.81. The molecule has 0 aromatic heterocycles. The Hall–Kier alpha value is -1.34. The van der Waals surface area contributed by atoms with Gasteiger partial charge >= 0.3 is 0 Å². The molecule has 0 aliphatic carbocycles. The molecule has 1 heterocycles. The maximum atomic E-state index is 5.86. The van der Waals surface area contributed by atoms with Crippen LogP contribution in [0.5, 0.6) is 11.5 Å². The average Bonchev–Trinajstić information content (AvgIpc) is 2.56. The second-order valence-corrected chi connectivity index (χ2v) is 5.06. The van der Waals surface area contributed by atoms with Gasteiger partial charge in [-0.05, 0) is 12.1 Å². The molecule has 0 radical (unpaired) electrons. The van der Waals surface area contributed by atoms with E-state index in [0.29, 0.717) is 13.2 Å². The summed E-state index contributed by atoms with van der Waals surface area (Å²) in [7, 11) is 4.97. The van der Waals surface area contributed by atoms with Crippen molar-refractivity contribution in [3.63, 3.8) is 0 Å². The number of methoxy groups -OCH3 is 3. The number of nitrogens with two attached hydrogens (primary N) is 1. The molecule has 21 heavy (non-hydrogen) atoms. The number of rotatable bonds is 6. The van der Waals surface area contributed by atoms with Crippen LogP contribution >= 0.6 is 0 Å². The molecule has 1 atom stereocenters. The van der Waals surface area contributed by atoms with Gasteiger partial charge in [-0.25, -0.2) is 5.43 Å². The molecule has 1 saturated heterocycles. The number of hydrazine groups is 1. The van der Waals surface area contributed by atoms with Gasteiger partial charge < -0.3 is 18.9 Å². The van der Waals surface area contributed by atoms with E-state index < -0.39 is 5.60 Å². The van der Waals surface area contributed by atoms with Crippen molar-refractivity contribution >= 4 is 0 Å². The molecular weight excluding hydrogens is 272 g/mol. The summed E-state index contributed by atoms with van der Waals surface area (Å²) < 4.78 is 22.3. The maximum Gasteiger partial charge on any atom is 0.127 e. The van der Waals surface area contributed by atoms with Crippen LogP contribution in [0.25, 0.3) is 0 Å². The summed E-state index contributed by atoms with van der Waals surface area (Å²) in [6, 6.07) is 5.42. The van der Waals surface area contributed by atoms with Crippen molar-refractivity contribution in [2.75, 3.05) is 34.5 Å². The van der Waals surface area contributed by atoms with Gasteiger partial charge in [-0.2, -0.15) is 0 Å². The van der Waals surface area contributed by atoms with E-state index >= 15 is 0 Å². The van der Waals surface area contributed by atoms with Crippen LogP contribution in [0.4, 0.5) is 0 Å². The highest BCUT2D eigenvalue weighted by molar-refractivity contribution is 5.48. The van der Waals surface area contributed by atoms with Gasteiger partial charge in [0.25, 0.3) is 0 Å². The van der Waals surface area contributed by atoms with Crippen molar-refractivity contribution in [3.8, 4) is 11.5 Å². The predicted molar refractivity (Wildman–Crippen MR) is 79.4 cm³/mol.